The van der Waals surface area contributed by atoms with Gasteiger partial charge in [-0.1, -0.05) is 24.6 Å². The molecule has 0 amide bonds. The third kappa shape index (κ3) is 3.89. The van der Waals surface area contributed by atoms with E-state index in [9.17, 15) is 9.18 Å². The first-order valence-corrected chi connectivity index (χ1v) is 8.79. The summed E-state index contributed by atoms with van der Waals surface area (Å²) in [7, 11) is 0. The zero-order valence-electron chi connectivity index (χ0n) is 10.7. The lowest BCUT2D eigenvalue weighted by Crippen LogP contribution is -2.33. The van der Waals surface area contributed by atoms with Crippen molar-refractivity contribution in [1.29, 1.82) is 0 Å². The van der Waals surface area contributed by atoms with Crippen LogP contribution in [0.25, 0.3) is 0 Å². The van der Waals surface area contributed by atoms with E-state index in [1.54, 1.807) is 17.8 Å². The van der Waals surface area contributed by atoms with E-state index in [2.05, 4.69) is 6.92 Å². The van der Waals surface area contributed by atoms with Crippen molar-refractivity contribution in [3.63, 3.8) is 0 Å². The van der Waals surface area contributed by atoms with Crippen LogP contribution in [0.2, 0.25) is 5.02 Å². The molecule has 0 bridgehead atoms. The van der Waals surface area contributed by atoms with Crippen molar-refractivity contribution >= 4 is 40.9 Å². The lowest BCUT2D eigenvalue weighted by atomic mass is 10.0. The van der Waals surface area contributed by atoms with Gasteiger partial charge in [0.25, 0.3) is 0 Å². The van der Waals surface area contributed by atoms with Gasteiger partial charge in [0.2, 0.25) is 0 Å². The fourth-order valence-corrected chi connectivity index (χ4v) is 5.43. The Morgan fingerprint density at radius 3 is 2.84 bits per heavy atom. The summed E-state index contributed by atoms with van der Waals surface area (Å²) in [6.07, 6.45) is 1.30. The SMILES string of the molecule is CCC1SCCSC1C(=O)Cc1ccc(F)cc1Cl. The molecule has 1 aromatic carbocycles. The molecule has 0 N–H and O–H groups in total. The van der Waals surface area contributed by atoms with Crippen LogP contribution in [0, 0.1) is 5.82 Å². The van der Waals surface area contributed by atoms with Gasteiger partial charge in [-0.15, -0.1) is 11.8 Å². The molecule has 5 heteroatoms. The minimum Gasteiger partial charge on any atom is -0.298 e. The van der Waals surface area contributed by atoms with Crippen molar-refractivity contribution in [2.75, 3.05) is 11.5 Å². The molecule has 0 saturated carbocycles. The Morgan fingerprint density at radius 2 is 2.16 bits per heavy atom. The highest BCUT2D eigenvalue weighted by molar-refractivity contribution is 8.07. The van der Waals surface area contributed by atoms with Crippen LogP contribution in [-0.4, -0.2) is 27.8 Å². The normalized spacial score (nSPS) is 23.3. The summed E-state index contributed by atoms with van der Waals surface area (Å²) in [6, 6.07) is 4.23. The number of carbonyl (C=O) groups excluding carboxylic acids is 1. The molecule has 1 aliphatic rings. The second-order valence-electron chi connectivity index (χ2n) is 4.49. The van der Waals surface area contributed by atoms with Crippen LogP contribution in [0.3, 0.4) is 0 Å². The third-order valence-corrected chi connectivity index (χ3v) is 6.80. The van der Waals surface area contributed by atoms with Gasteiger partial charge in [0.05, 0.1) is 5.25 Å². The number of ketones is 1. The zero-order valence-corrected chi connectivity index (χ0v) is 13.1. The number of hydrogen-bond acceptors (Lipinski definition) is 3. The van der Waals surface area contributed by atoms with Crippen molar-refractivity contribution in [3.05, 3.63) is 34.6 Å². The molecular formula is C14H16ClFOS2. The molecule has 1 fully saturated rings. The molecule has 1 aliphatic heterocycles. The summed E-state index contributed by atoms with van der Waals surface area (Å²) in [5.74, 6) is 1.98. The van der Waals surface area contributed by atoms with Gasteiger partial charge in [-0.2, -0.15) is 11.8 Å². The first kappa shape index (κ1) is 15.2. The van der Waals surface area contributed by atoms with Crippen LogP contribution in [0.15, 0.2) is 18.2 Å². The van der Waals surface area contributed by atoms with Crippen LogP contribution in [-0.2, 0) is 11.2 Å². The van der Waals surface area contributed by atoms with Gasteiger partial charge >= 0.3 is 0 Å². The van der Waals surface area contributed by atoms with Gasteiger partial charge in [-0.25, -0.2) is 4.39 Å². The maximum atomic E-state index is 13.0. The number of hydrogen-bond donors (Lipinski definition) is 0. The Bertz CT molecular complexity index is 467. The van der Waals surface area contributed by atoms with Gasteiger partial charge in [-0.3, -0.25) is 4.79 Å². The molecule has 104 valence electrons. The maximum Gasteiger partial charge on any atom is 0.151 e. The lowest BCUT2D eigenvalue weighted by molar-refractivity contribution is -0.117. The summed E-state index contributed by atoms with van der Waals surface area (Å²) in [6.45, 7) is 2.12. The second-order valence-corrected chi connectivity index (χ2v) is 7.49. The van der Waals surface area contributed by atoms with E-state index < -0.39 is 0 Å². The smallest absolute Gasteiger partial charge is 0.151 e. The van der Waals surface area contributed by atoms with Crippen molar-refractivity contribution in [2.45, 2.75) is 30.3 Å². The number of carbonyl (C=O) groups is 1. The first-order valence-electron chi connectivity index (χ1n) is 6.31. The van der Waals surface area contributed by atoms with E-state index in [-0.39, 0.29) is 16.9 Å². The van der Waals surface area contributed by atoms with Crippen molar-refractivity contribution < 1.29 is 9.18 Å². The van der Waals surface area contributed by atoms with Crippen LogP contribution < -0.4 is 0 Å². The fraction of sp³-hybridized carbons (Fsp3) is 0.500. The largest absolute Gasteiger partial charge is 0.298 e. The number of halogens is 2. The van der Waals surface area contributed by atoms with Crippen molar-refractivity contribution in [3.8, 4) is 0 Å². The van der Waals surface area contributed by atoms with E-state index in [0.29, 0.717) is 16.7 Å². The monoisotopic (exact) mass is 318 g/mol. The predicted molar refractivity (Wildman–Crippen MR) is 82.9 cm³/mol. The van der Waals surface area contributed by atoms with Crippen molar-refractivity contribution in [1.82, 2.24) is 0 Å². The molecule has 2 rings (SSSR count). The molecule has 0 aromatic heterocycles. The highest BCUT2D eigenvalue weighted by Crippen LogP contribution is 2.34. The molecule has 1 aromatic rings. The van der Waals surface area contributed by atoms with Crippen LogP contribution in [0.5, 0.6) is 0 Å². The van der Waals surface area contributed by atoms with Crippen LogP contribution in [0.1, 0.15) is 18.9 Å². The average molecular weight is 319 g/mol. The molecular weight excluding hydrogens is 303 g/mol. The zero-order chi connectivity index (χ0) is 13.8. The summed E-state index contributed by atoms with van der Waals surface area (Å²) < 4.78 is 13.0. The quantitative estimate of drug-likeness (QED) is 0.827. The molecule has 2 atom stereocenters. The van der Waals surface area contributed by atoms with E-state index in [1.165, 1.54) is 12.1 Å². The van der Waals surface area contributed by atoms with Gasteiger partial charge in [-0.05, 0) is 24.1 Å². The van der Waals surface area contributed by atoms with E-state index >= 15 is 0 Å². The number of thioether (sulfide) groups is 2. The Balaban J connectivity index is 2.07. The van der Waals surface area contributed by atoms with Crippen LogP contribution >= 0.6 is 35.1 Å². The highest BCUT2D eigenvalue weighted by atomic mass is 35.5. The van der Waals surface area contributed by atoms with Gasteiger partial charge in [0.15, 0.2) is 5.78 Å². The summed E-state index contributed by atoms with van der Waals surface area (Å²) in [5, 5.41) is 0.783. The number of Topliss-reactive ketones (excluding diaryl/α,β-unsaturated/α-hetero) is 1. The molecule has 1 heterocycles. The van der Waals surface area contributed by atoms with E-state index in [0.717, 1.165) is 23.5 Å². The first-order chi connectivity index (χ1) is 9.11. The summed E-state index contributed by atoms with van der Waals surface area (Å²) >= 11 is 9.61. The van der Waals surface area contributed by atoms with Gasteiger partial charge in [0, 0.05) is 28.2 Å². The molecule has 0 radical (unpaired) electrons. The third-order valence-electron chi connectivity index (χ3n) is 3.15. The van der Waals surface area contributed by atoms with Gasteiger partial charge in [0.1, 0.15) is 5.82 Å². The molecule has 0 aliphatic carbocycles. The lowest BCUT2D eigenvalue weighted by Gasteiger charge is -2.28. The van der Waals surface area contributed by atoms with Crippen molar-refractivity contribution in [2.24, 2.45) is 0 Å². The average Bonchev–Trinajstić information content (AvgIpc) is 2.41. The summed E-state index contributed by atoms with van der Waals surface area (Å²) in [5.41, 5.74) is 0.721. The Morgan fingerprint density at radius 1 is 1.42 bits per heavy atom. The topological polar surface area (TPSA) is 17.1 Å². The molecule has 0 spiro atoms. The maximum absolute atomic E-state index is 13.0. The minimum atomic E-state index is -0.366. The molecule has 1 saturated heterocycles. The molecule has 2 unspecified atom stereocenters. The minimum absolute atomic E-state index is 0.0462. The second kappa shape index (κ2) is 7.00. The molecule has 1 nitrogen and oxygen atoms in total. The number of benzene rings is 1. The van der Waals surface area contributed by atoms with Crippen LogP contribution in [0.4, 0.5) is 4.39 Å². The Hall–Kier alpha value is -0.190. The Kier molecular flexibility index (Phi) is 5.60. The highest BCUT2D eigenvalue weighted by Gasteiger charge is 2.30. The van der Waals surface area contributed by atoms with E-state index in [4.69, 9.17) is 11.6 Å². The standard InChI is InChI=1S/C14H16ClFOS2/c1-2-13-14(19-6-5-18-13)12(17)7-9-3-4-10(16)8-11(9)15/h3-4,8,13-14H,2,5-7H2,1H3. The van der Waals surface area contributed by atoms with Gasteiger partial charge < -0.3 is 0 Å². The Labute approximate surface area is 126 Å². The van der Waals surface area contributed by atoms with E-state index in [1.807, 2.05) is 11.8 Å². The predicted octanol–water partition coefficient (Wildman–Crippen LogP) is 4.22. The number of rotatable bonds is 4. The fourth-order valence-electron chi connectivity index (χ4n) is 2.15. The summed E-state index contributed by atoms with van der Waals surface area (Å²) in [4.78, 5) is 12.4. The molecule has 19 heavy (non-hydrogen) atoms.